The smallest absolute Gasteiger partial charge is 0.191 e. The third-order valence-electron chi connectivity index (χ3n) is 2.92. The molecule has 4 heteroatoms. The summed E-state index contributed by atoms with van der Waals surface area (Å²) in [6.07, 6.45) is 0. The Hall–Kier alpha value is -1.12. The molecule has 0 heterocycles. The Morgan fingerprint density at radius 2 is 1.59 bits per heavy atom. The van der Waals surface area contributed by atoms with Gasteiger partial charge in [-0.05, 0) is 12.5 Å². The van der Waals surface area contributed by atoms with Crippen LogP contribution in [0.25, 0.3) is 0 Å². The maximum atomic E-state index is 12.2. The quantitative estimate of drug-likeness (QED) is 0.773. The number of benzene rings is 1. The van der Waals surface area contributed by atoms with Crippen molar-refractivity contribution in [3.63, 3.8) is 0 Å². The number of hydrogen-bond acceptors (Lipinski definition) is 2. The van der Waals surface area contributed by atoms with Crippen LogP contribution in [0.2, 0.25) is 0 Å². The van der Waals surface area contributed by atoms with E-state index in [1.54, 1.807) is 12.1 Å². The topological polar surface area (TPSA) is 34.1 Å². The molecule has 17 heavy (non-hydrogen) atoms. The average Bonchev–Trinajstić information content (AvgIpc) is 2.33. The van der Waals surface area contributed by atoms with Gasteiger partial charge < -0.3 is 0 Å². The van der Waals surface area contributed by atoms with Crippen LogP contribution in [0.4, 0.5) is 0 Å². The van der Waals surface area contributed by atoms with Crippen LogP contribution in [0.5, 0.6) is 0 Å². The molecule has 0 saturated carbocycles. The summed E-state index contributed by atoms with van der Waals surface area (Å²) in [6.45, 7) is 1.81. The lowest BCUT2D eigenvalue weighted by Gasteiger charge is -2.20. The lowest BCUT2D eigenvalue weighted by atomic mass is 9.83. The van der Waals surface area contributed by atoms with E-state index in [0.717, 1.165) is 5.56 Å². The summed E-state index contributed by atoms with van der Waals surface area (Å²) < 4.78 is 0. The Labute approximate surface area is 109 Å². The van der Waals surface area contributed by atoms with Crippen molar-refractivity contribution in [2.24, 2.45) is 0 Å². The number of ketones is 2. The van der Waals surface area contributed by atoms with Crippen LogP contribution in [0, 0.1) is 6.92 Å². The first-order valence-corrected chi connectivity index (χ1v) is 6.21. The molecule has 0 aromatic heterocycles. The van der Waals surface area contributed by atoms with E-state index in [9.17, 15) is 9.59 Å². The summed E-state index contributed by atoms with van der Waals surface area (Å²) >= 11 is 11.5. The van der Waals surface area contributed by atoms with Crippen molar-refractivity contribution in [2.75, 3.05) is 11.8 Å². The molecule has 1 aliphatic rings. The molecule has 0 amide bonds. The summed E-state index contributed by atoms with van der Waals surface area (Å²) in [7, 11) is 0. The highest BCUT2D eigenvalue weighted by Crippen LogP contribution is 2.29. The maximum Gasteiger partial charge on any atom is 0.191 e. The molecule has 0 saturated heterocycles. The van der Waals surface area contributed by atoms with E-state index < -0.39 is 0 Å². The predicted molar refractivity (Wildman–Crippen MR) is 68.3 cm³/mol. The molecular weight excluding hydrogens is 259 g/mol. The molecule has 0 bridgehead atoms. The summed E-state index contributed by atoms with van der Waals surface area (Å²) in [6, 6.07) is 5.22. The Morgan fingerprint density at radius 3 is 2.18 bits per heavy atom. The van der Waals surface area contributed by atoms with Crippen LogP contribution >= 0.6 is 23.2 Å². The number of alkyl halides is 2. The number of carbonyl (C=O) groups is 2. The van der Waals surface area contributed by atoms with Crippen molar-refractivity contribution in [3.8, 4) is 0 Å². The van der Waals surface area contributed by atoms with Crippen LogP contribution in [0.3, 0.4) is 0 Å². The molecule has 0 radical (unpaired) electrons. The first kappa shape index (κ1) is 12.3. The molecule has 1 aliphatic carbocycles. The molecule has 2 rings (SSSR count). The number of rotatable bonds is 2. The number of allylic oxidation sites excluding steroid dienone is 2. The molecule has 2 nitrogen and oxygen atoms in total. The van der Waals surface area contributed by atoms with Crippen LogP contribution < -0.4 is 0 Å². The molecular formula is C13H10Cl2O2. The highest BCUT2D eigenvalue weighted by molar-refractivity contribution is 6.35. The molecule has 0 aliphatic heterocycles. The van der Waals surface area contributed by atoms with Gasteiger partial charge in [0.2, 0.25) is 0 Å². The number of carbonyl (C=O) groups excluding carboxylic acids is 2. The molecule has 1 aromatic carbocycles. The Morgan fingerprint density at radius 1 is 1.00 bits per heavy atom. The van der Waals surface area contributed by atoms with Gasteiger partial charge in [0, 0.05) is 22.3 Å². The van der Waals surface area contributed by atoms with Crippen molar-refractivity contribution in [2.45, 2.75) is 6.92 Å². The SMILES string of the molecule is Cc1cccc2c1C(=O)C(CCl)=C(CCl)C2=O. The number of Topliss-reactive ketones (excluding diaryl/α,β-unsaturated/α-hetero) is 2. The van der Waals surface area contributed by atoms with Gasteiger partial charge in [-0.2, -0.15) is 0 Å². The van der Waals surface area contributed by atoms with E-state index in [1.165, 1.54) is 0 Å². The largest absolute Gasteiger partial charge is 0.289 e. The second kappa shape index (κ2) is 4.63. The highest BCUT2D eigenvalue weighted by atomic mass is 35.5. The molecule has 0 spiro atoms. The predicted octanol–water partition coefficient (Wildman–Crippen LogP) is 3.15. The molecule has 88 valence electrons. The number of halogens is 2. The van der Waals surface area contributed by atoms with Crippen molar-refractivity contribution < 1.29 is 9.59 Å². The standard InChI is InChI=1S/C13H10Cl2O2/c1-7-3-2-4-8-11(7)13(17)10(6-15)9(5-14)12(8)16/h2-4H,5-6H2,1H3. The van der Waals surface area contributed by atoms with Crippen LogP contribution in [0.1, 0.15) is 26.3 Å². The van der Waals surface area contributed by atoms with Gasteiger partial charge in [-0.15, -0.1) is 23.2 Å². The van der Waals surface area contributed by atoms with Gasteiger partial charge in [0.15, 0.2) is 11.6 Å². The summed E-state index contributed by atoms with van der Waals surface area (Å²) in [5.74, 6) is -0.335. The third-order valence-corrected chi connectivity index (χ3v) is 3.46. The lowest BCUT2D eigenvalue weighted by Crippen LogP contribution is -2.24. The Balaban J connectivity index is 2.73. The fourth-order valence-corrected chi connectivity index (χ4v) is 2.59. The van der Waals surface area contributed by atoms with Crippen molar-refractivity contribution >= 4 is 34.8 Å². The van der Waals surface area contributed by atoms with E-state index in [0.29, 0.717) is 22.3 Å². The van der Waals surface area contributed by atoms with E-state index >= 15 is 0 Å². The van der Waals surface area contributed by atoms with Crippen molar-refractivity contribution in [1.29, 1.82) is 0 Å². The number of fused-ring (bicyclic) bond motifs is 1. The van der Waals surface area contributed by atoms with Gasteiger partial charge in [-0.1, -0.05) is 18.2 Å². The van der Waals surface area contributed by atoms with Crippen molar-refractivity contribution in [3.05, 3.63) is 46.0 Å². The van der Waals surface area contributed by atoms with Crippen LogP contribution in [-0.4, -0.2) is 23.3 Å². The molecule has 0 atom stereocenters. The maximum absolute atomic E-state index is 12.2. The zero-order valence-electron chi connectivity index (χ0n) is 9.22. The first-order chi connectivity index (χ1) is 8.11. The van der Waals surface area contributed by atoms with Crippen molar-refractivity contribution in [1.82, 2.24) is 0 Å². The monoisotopic (exact) mass is 268 g/mol. The molecule has 0 N–H and O–H groups in total. The summed E-state index contributed by atoms with van der Waals surface area (Å²) in [5.41, 5.74) is 2.33. The van der Waals surface area contributed by atoms with E-state index in [-0.39, 0.29) is 23.3 Å². The van der Waals surface area contributed by atoms with Gasteiger partial charge >= 0.3 is 0 Å². The number of aryl methyl sites for hydroxylation is 1. The Bertz CT molecular complexity index is 544. The number of hydrogen-bond donors (Lipinski definition) is 0. The normalized spacial score (nSPS) is 15.2. The zero-order valence-corrected chi connectivity index (χ0v) is 10.7. The summed E-state index contributed by atoms with van der Waals surface area (Å²) in [4.78, 5) is 24.4. The Kier molecular flexibility index (Phi) is 3.36. The van der Waals surface area contributed by atoms with E-state index in [2.05, 4.69) is 0 Å². The van der Waals surface area contributed by atoms with Gasteiger partial charge in [-0.3, -0.25) is 9.59 Å². The average molecular weight is 269 g/mol. The summed E-state index contributed by atoms with van der Waals surface area (Å²) in [5, 5.41) is 0. The van der Waals surface area contributed by atoms with Gasteiger partial charge in [0.1, 0.15) is 0 Å². The molecule has 0 fully saturated rings. The zero-order chi connectivity index (χ0) is 12.6. The highest BCUT2D eigenvalue weighted by Gasteiger charge is 2.31. The third kappa shape index (κ3) is 1.81. The fourth-order valence-electron chi connectivity index (χ4n) is 2.03. The lowest BCUT2D eigenvalue weighted by molar-refractivity contribution is 0.0975. The second-order valence-electron chi connectivity index (χ2n) is 3.88. The second-order valence-corrected chi connectivity index (χ2v) is 4.41. The molecule has 0 unspecified atom stereocenters. The van der Waals surface area contributed by atoms with Gasteiger partial charge in [0.25, 0.3) is 0 Å². The van der Waals surface area contributed by atoms with E-state index in [1.807, 2.05) is 13.0 Å². The van der Waals surface area contributed by atoms with Gasteiger partial charge in [0.05, 0.1) is 11.8 Å². The van der Waals surface area contributed by atoms with Gasteiger partial charge in [-0.25, -0.2) is 0 Å². The minimum atomic E-state index is -0.186. The van der Waals surface area contributed by atoms with Crippen LogP contribution in [-0.2, 0) is 0 Å². The van der Waals surface area contributed by atoms with E-state index in [4.69, 9.17) is 23.2 Å². The first-order valence-electron chi connectivity index (χ1n) is 5.14. The molecule has 1 aromatic rings. The minimum Gasteiger partial charge on any atom is -0.289 e. The fraction of sp³-hybridized carbons (Fsp3) is 0.231. The minimum absolute atomic E-state index is 0.0139. The van der Waals surface area contributed by atoms with Crippen LogP contribution in [0.15, 0.2) is 29.3 Å².